The van der Waals surface area contributed by atoms with E-state index in [9.17, 15) is 23.6 Å². The van der Waals surface area contributed by atoms with Crippen molar-refractivity contribution in [2.24, 2.45) is 11.8 Å². The maximum absolute atomic E-state index is 13.2. The van der Waals surface area contributed by atoms with Gasteiger partial charge in [0.25, 0.3) is 0 Å². The lowest BCUT2D eigenvalue weighted by molar-refractivity contribution is -0.138. The van der Waals surface area contributed by atoms with Gasteiger partial charge in [-0.1, -0.05) is 13.8 Å². The van der Waals surface area contributed by atoms with Crippen LogP contribution in [0.25, 0.3) is 0 Å². The number of hydrogen-bond acceptors (Lipinski definition) is 5. The van der Waals surface area contributed by atoms with Gasteiger partial charge in [0.05, 0.1) is 0 Å². The number of rotatable bonds is 8. The molecule has 1 aromatic carbocycles. The molecular weight excluding hydrogens is 467 g/mol. The first kappa shape index (κ1) is 29.1. The van der Waals surface area contributed by atoms with Gasteiger partial charge in [0.1, 0.15) is 23.5 Å². The highest BCUT2D eigenvalue weighted by molar-refractivity contribution is 5.97. The molecule has 0 saturated carbocycles. The molecule has 2 atom stereocenters. The summed E-state index contributed by atoms with van der Waals surface area (Å²) < 4.78 is 18.3. The number of likely N-dealkylation sites (tertiary alicyclic amines) is 1. The van der Waals surface area contributed by atoms with E-state index in [0.717, 1.165) is 0 Å². The van der Waals surface area contributed by atoms with Crippen molar-refractivity contribution < 1.29 is 28.3 Å². The first-order valence-electron chi connectivity index (χ1n) is 12.4. The number of amides is 4. The summed E-state index contributed by atoms with van der Waals surface area (Å²) in [5, 5.41) is 8.06. The minimum Gasteiger partial charge on any atom is -0.444 e. The van der Waals surface area contributed by atoms with Crippen molar-refractivity contribution in [2.75, 3.05) is 18.4 Å². The first-order valence-corrected chi connectivity index (χ1v) is 12.4. The third kappa shape index (κ3) is 9.47. The number of carbonyl (C=O) groups is 4. The van der Waals surface area contributed by atoms with Crippen LogP contribution in [0.5, 0.6) is 0 Å². The van der Waals surface area contributed by atoms with Gasteiger partial charge in [-0.05, 0) is 77.1 Å². The van der Waals surface area contributed by atoms with Crippen molar-refractivity contribution in [1.29, 1.82) is 0 Å². The van der Waals surface area contributed by atoms with Crippen LogP contribution in [0, 0.1) is 17.7 Å². The van der Waals surface area contributed by atoms with Crippen molar-refractivity contribution in [3.63, 3.8) is 0 Å². The predicted octanol–water partition coefficient (Wildman–Crippen LogP) is 3.45. The molecule has 1 aromatic rings. The number of carbonyl (C=O) groups excluding carboxylic acids is 4. The molecule has 9 nitrogen and oxygen atoms in total. The fourth-order valence-corrected chi connectivity index (χ4v) is 3.91. The van der Waals surface area contributed by atoms with Gasteiger partial charge in [0, 0.05) is 24.7 Å². The molecule has 1 fully saturated rings. The summed E-state index contributed by atoms with van der Waals surface area (Å²) >= 11 is 0. The Kier molecular flexibility index (Phi) is 10.2. The van der Waals surface area contributed by atoms with E-state index >= 15 is 0 Å². The zero-order chi connectivity index (χ0) is 27.0. The summed E-state index contributed by atoms with van der Waals surface area (Å²) in [7, 11) is 0. The topological polar surface area (TPSA) is 117 Å². The van der Waals surface area contributed by atoms with Crippen LogP contribution in [0.3, 0.4) is 0 Å². The SMILES string of the molecule is CC(C)CC(NC(=O)OC(C)(C)C)C(=O)N1CCC(C(=O)NC(C)C(=O)Nc2ccc(F)cc2)CC1. The molecule has 1 saturated heterocycles. The van der Waals surface area contributed by atoms with Crippen LogP contribution in [0.4, 0.5) is 14.9 Å². The molecule has 1 aliphatic heterocycles. The lowest BCUT2D eigenvalue weighted by Gasteiger charge is -2.34. The molecule has 3 N–H and O–H groups in total. The number of alkyl carbamates (subject to hydrolysis) is 1. The van der Waals surface area contributed by atoms with E-state index in [2.05, 4.69) is 16.0 Å². The molecule has 2 unspecified atom stereocenters. The highest BCUT2D eigenvalue weighted by Gasteiger charge is 2.33. The van der Waals surface area contributed by atoms with Crippen LogP contribution in [0.15, 0.2) is 24.3 Å². The standard InChI is InChI=1S/C26H39FN4O5/c1-16(2)15-21(30-25(35)36-26(4,5)6)24(34)31-13-11-18(12-14-31)23(33)28-17(3)22(32)29-20-9-7-19(27)8-10-20/h7-10,16-18,21H,11-15H2,1-6H3,(H,28,33)(H,29,32)(H,30,35). The van der Waals surface area contributed by atoms with Crippen molar-refractivity contribution in [2.45, 2.75) is 78.5 Å². The Morgan fingerprint density at radius 2 is 1.61 bits per heavy atom. The van der Waals surface area contributed by atoms with Gasteiger partial charge >= 0.3 is 6.09 Å². The summed E-state index contributed by atoms with van der Waals surface area (Å²) in [5.41, 5.74) is -0.237. The van der Waals surface area contributed by atoms with Gasteiger partial charge in [0.15, 0.2) is 0 Å². The van der Waals surface area contributed by atoms with E-state index in [0.29, 0.717) is 38.0 Å². The summed E-state index contributed by atoms with van der Waals surface area (Å²) in [4.78, 5) is 52.2. The Morgan fingerprint density at radius 1 is 1.03 bits per heavy atom. The zero-order valence-corrected chi connectivity index (χ0v) is 22.0. The zero-order valence-electron chi connectivity index (χ0n) is 22.0. The van der Waals surface area contributed by atoms with E-state index in [-0.39, 0.29) is 23.7 Å². The lowest BCUT2D eigenvalue weighted by Crippen LogP contribution is -2.53. The van der Waals surface area contributed by atoms with Gasteiger partial charge in [-0.25, -0.2) is 9.18 Å². The van der Waals surface area contributed by atoms with Crippen LogP contribution >= 0.6 is 0 Å². The number of halogens is 1. The van der Waals surface area contributed by atoms with Crippen LogP contribution < -0.4 is 16.0 Å². The lowest BCUT2D eigenvalue weighted by atomic mass is 9.94. The molecule has 1 aliphatic rings. The summed E-state index contributed by atoms with van der Waals surface area (Å²) in [6.45, 7) is 11.5. The Hall–Kier alpha value is -3.17. The second-order valence-corrected chi connectivity index (χ2v) is 10.7. The quantitative estimate of drug-likeness (QED) is 0.499. The number of nitrogens with one attached hydrogen (secondary N) is 3. The normalized spacial score (nSPS) is 16.2. The van der Waals surface area contributed by atoms with E-state index in [4.69, 9.17) is 4.74 Å². The first-order chi connectivity index (χ1) is 16.7. The Morgan fingerprint density at radius 3 is 2.14 bits per heavy atom. The average molecular weight is 507 g/mol. The Balaban J connectivity index is 1.87. The molecule has 0 aliphatic carbocycles. The fraction of sp³-hybridized carbons (Fsp3) is 0.615. The van der Waals surface area contributed by atoms with Crippen molar-refractivity contribution in [3.8, 4) is 0 Å². The average Bonchev–Trinajstić information content (AvgIpc) is 2.78. The summed E-state index contributed by atoms with van der Waals surface area (Å²) in [5.74, 6) is -1.42. The van der Waals surface area contributed by atoms with E-state index in [1.807, 2.05) is 13.8 Å². The van der Waals surface area contributed by atoms with E-state index < -0.39 is 35.5 Å². The second-order valence-electron chi connectivity index (χ2n) is 10.7. The molecule has 0 aromatic heterocycles. The predicted molar refractivity (Wildman–Crippen MR) is 135 cm³/mol. The fourth-order valence-electron chi connectivity index (χ4n) is 3.91. The van der Waals surface area contributed by atoms with E-state index in [1.165, 1.54) is 24.3 Å². The third-order valence-corrected chi connectivity index (χ3v) is 5.74. The molecular formula is C26H39FN4O5. The molecule has 4 amide bonds. The van der Waals surface area contributed by atoms with Crippen LogP contribution in [-0.2, 0) is 19.1 Å². The number of benzene rings is 1. The van der Waals surface area contributed by atoms with Crippen molar-refractivity contribution in [3.05, 3.63) is 30.1 Å². The Labute approximate surface area is 212 Å². The van der Waals surface area contributed by atoms with Gasteiger partial charge in [0.2, 0.25) is 17.7 Å². The maximum atomic E-state index is 13.2. The molecule has 0 spiro atoms. The van der Waals surface area contributed by atoms with E-state index in [1.54, 1.807) is 32.6 Å². The second kappa shape index (κ2) is 12.7. The minimum atomic E-state index is -0.782. The molecule has 36 heavy (non-hydrogen) atoms. The molecule has 0 bridgehead atoms. The number of piperidine rings is 1. The van der Waals surface area contributed by atoms with Crippen LogP contribution in [0.2, 0.25) is 0 Å². The third-order valence-electron chi connectivity index (χ3n) is 5.74. The van der Waals surface area contributed by atoms with Crippen molar-refractivity contribution >= 4 is 29.5 Å². The smallest absolute Gasteiger partial charge is 0.408 e. The van der Waals surface area contributed by atoms with Gasteiger partial charge in [-0.3, -0.25) is 14.4 Å². The highest BCUT2D eigenvalue weighted by atomic mass is 19.1. The monoisotopic (exact) mass is 506 g/mol. The van der Waals surface area contributed by atoms with Crippen LogP contribution in [0.1, 0.15) is 60.8 Å². The molecule has 10 heteroatoms. The minimum absolute atomic E-state index is 0.180. The largest absolute Gasteiger partial charge is 0.444 e. The maximum Gasteiger partial charge on any atom is 0.408 e. The highest BCUT2D eigenvalue weighted by Crippen LogP contribution is 2.20. The number of nitrogens with zero attached hydrogens (tertiary/aromatic N) is 1. The number of hydrogen-bond donors (Lipinski definition) is 3. The molecule has 200 valence electrons. The summed E-state index contributed by atoms with van der Waals surface area (Å²) in [6, 6.07) is 3.87. The number of anilines is 1. The summed E-state index contributed by atoms with van der Waals surface area (Å²) in [6.07, 6.45) is 0.734. The van der Waals surface area contributed by atoms with Crippen LogP contribution in [-0.4, -0.2) is 59.5 Å². The Bertz CT molecular complexity index is 921. The van der Waals surface area contributed by atoms with Gasteiger partial charge in [-0.2, -0.15) is 0 Å². The molecule has 2 rings (SSSR count). The van der Waals surface area contributed by atoms with Crippen molar-refractivity contribution in [1.82, 2.24) is 15.5 Å². The molecule has 0 radical (unpaired) electrons. The molecule has 1 heterocycles. The number of ether oxygens (including phenoxy) is 1. The van der Waals surface area contributed by atoms with Gasteiger partial charge in [-0.15, -0.1) is 0 Å². The van der Waals surface area contributed by atoms with Gasteiger partial charge < -0.3 is 25.6 Å².